The summed E-state index contributed by atoms with van der Waals surface area (Å²) in [6.07, 6.45) is 8.86. The van der Waals surface area contributed by atoms with Gasteiger partial charge < -0.3 is 15.6 Å². The van der Waals surface area contributed by atoms with Crippen molar-refractivity contribution >= 4 is 22.7 Å². The molecule has 0 radical (unpaired) electrons. The van der Waals surface area contributed by atoms with E-state index in [4.69, 9.17) is 0 Å². The summed E-state index contributed by atoms with van der Waals surface area (Å²) in [7, 11) is 2.21. The minimum Gasteiger partial charge on any atom is -0.361 e. The van der Waals surface area contributed by atoms with Gasteiger partial charge in [-0.3, -0.25) is 14.5 Å². The van der Waals surface area contributed by atoms with E-state index in [1.807, 2.05) is 50.4 Å². The van der Waals surface area contributed by atoms with Gasteiger partial charge in [-0.25, -0.2) is 0 Å². The van der Waals surface area contributed by atoms with Crippen LogP contribution in [-0.2, 0) is 29.1 Å². The highest BCUT2D eigenvalue weighted by atomic mass is 16.2. The summed E-state index contributed by atoms with van der Waals surface area (Å²) in [4.78, 5) is 31.6. The number of carbonyl (C=O) groups excluding carboxylic acids is 2. The molecule has 1 unspecified atom stereocenters. The molecule has 2 aromatic carbocycles. The minimum absolute atomic E-state index is 0.121. The number of nitrogens with zero attached hydrogens (tertiary/aromatic N) is 1. The number of fused-ring (bicyclic) bond motifs is 1. The van der Waals surface area contributed by atoms with E-state index in [1.54, 1.807) is 0 Å². The van der Waals surface area contributed by atoms with Crippen molar-refractivity contribution in [3.8, 4) is 0 Å². The van der Waals surface area contributed by atoms with Crippen LogP contribution in [0, 0.1) is 5.92 Å². The SMILES string of the molecule is CC(C)C(=O)NC(Cc1c[nH]c2ccccc12)C(=O)NCc1ccccc1CN(C)C1CCCCC1. The number of hydrogen-bond donors (Lipinski definition) is 3. The molecule has 3 N–H and O–H groups in total. The van der Waals surface area contributed by atoms with Crippen LogP contribution in [0.1, 0.15) is 62.6 Å². The molecule has 4 rings (SSSR count). The highest BCUT2D eigenvalue weighted by Gasteiger charge is 2.24. The fourth-order valence-electron chi connectivity index (χ4n) is 5.18. The first-order valence-electron chi connectivity index (χ1n) is 13.3. The fourth-order valence-corrected chi connectivity index (χ4v) is 5.18. The van der Waals surface area contributed by atoms with Gasteiger partial charge in [0.2, 0.25) is 11.8 Å². The Bertz CT molecular complexity index is 1160. The number of aromatic amines is 1. The lowest BCUT2D eigenvalue weighted by Gasteiger charge is -2.31. The third-order valence-corrected chi connectivity index (χ3v) is 7.45. The van der Waals surface area contributed by atoms with Gasteiger partial charge in [0.1, 0.15) is 6.04 Å². The summed E-state index contributed by atoms with van der Waals surface area (Å²) in [5, 5.41) is 7.16. The highest BCUT2D eigenvalue weighted by Crippen LogP contribution is 2.24. The Kier molecular flexibility index (Phi) is 8.81. The molecule has 0 bridgehead atoms. The van der Waals surface area contributed by atoms with Crippen LogP contribution in [-0.4, -0.2) is 40.8 Å². The normalized spacial score (nSPS) is 15.4. The molecule has 0 spiro atoms. The van der Waals surface area contributed by atoms with Gasteiger partial charge >= 0.3 is 0 Å². The Morgan fingerprint density at radius 1 is 0.944 bits per heavy atom. The van der Waals surface area contributed by atoms with Gasteiger partial charge in [-0.05, 0) is 42.6 Å². The standard InChI is InChI=1S/C30H40N4O2/c1-21(2)29(35)33-28(17-24-19-31-27-16-10-9-15-26(24)27)30(36)32-18-22-11-7-8-12-23(22)20-34(3)25-13-5-4-6-14-25/h7-12,15-16,19,21,25,28,31H,4-6,13-14,17-18,20H2,1-3H3,(H,32,36)(H,33,35). The van der Waals surface area contributed by atoms with Crippen molar-refractivity contribution in [3.63, 3.8) is 0 Å². The molecule has 3 aromatic rings. The van der Waals surface area contributed by atoms with E-state index in [0.29, 0.717) is 19.0 Å². The first kappa shape index (κ1) is 26.0. The summed E-state index contributed by atoms with van der Waals surface area (Å²) in [5.74, 6) is -0.478. The number of amides is 2. The van der Waals surface area contributed by atoms with E-state index < -0.39 is 6.04 Å². The van der Waals surface area contributed by atoms with Crippen molar-refractivity contribution in [1.82, 2.24) is 20.5 Å². The summed E-state index contributed by atoms with van der Waals surface area (Å²) in [6.45, 7) is 5.00. The molecule has 1 heterocycles. The molecule has 1 aliphatic carbocycles. The molecule has 36 heavy (non-hydrogen) atoms. The van der Waals surface area contributed by atoms with E-state index in [-0.39, 0.29) is 17.7 Å². The van der Waals surface area contributed by atoms with Crippen molar-refractivity contribution in [3.05, 3.63) is 71.4 Å². The number of nitrogens with one attached hydrogen (secondary N) is 3. The Balaban J connectivity index is 1.44. The summed E-state index contributed by atoms with van der Waals surface area (Å²) in [6, 6.07) is 16.4. The Labute approximate surface area is 214 Å². The lowest BCUT2D eigenvalue weighted by Crippen LogP contribution is -2.49. The third-order valence-electron chi connectivity index (χ3n) is 7.45. The molecule has 0 aliphatic heterocycles. The molecule has 1 fully saturated rings. The van der Waals surface area contributed by atoms with Crippen LogP contribution in [0.4, 0.5) is 0 Å². The molecule has 6 nitrogen and oxygen atoms in total. The molecular formula is C30H40N4O2. The van der Waals surface area contributed by atoms with Crippen LogP contribution in [0.3, 0.4) is 0 Å². The average molecular weight is 489 g/mol. The maximum absolute atomic E-state index is 13.4. The molecular weight excluding hydrogens is 448 g/mol. The third kappa shape index (κ3) is 6.55. The number of benzene rings is 2. The fraction of sp³-hybridized carbons (Fsp3) is 0.467. The van der Waals surface area contributed by atoms with Gasteiger partial charge in [0, 0.05) is 48.6 Å². The minimum atomic E-state index is -0.642. The second-order valence-corrected chi connectivity index (χ2v) is 10.5. The number of hydrogen-bond acceptors (Lipinski definition) is 3. The number of carbonyl (C=O) groups is 2. The van der Waals surface area contributed by atoms with E-state index in [9.17, 15) is 9.59 Å². The van der Waals surface area contributed by atoms with Gasteiger partial charge in [-0.15, -0.1) is 0 Å². The predicted molar refractivity (Wildman–Crippen MR) is 145 cm³/mol. The summed E-state index contributed by atoms with van der Waals surface area (Å²) in [5.41, 5.74) is 4.40. The molecule has 1 aromatic heterocycles. The van der Waals surface area contributed by atoms with Gasteiger partial charge in [0.05, 0.1) is 0 Å². The monoisotopic (exact) mass is 488 g/mol. The summed E-state index contributed by atoms with van der Waals surface area (Å²) < 4.78 is 0. The zero-order valence-electron chi connectivity index (χ0n) is 21.8. The van der Waals surface area contributed by atoms with Crippen molar-refractivity contribution in [1.29, 1.82) is 0 Å². The van der Waals surface area contributed by atoms with Gasteiger partial charge in [0.25, 0.3) is 0 Å². The number of rotatable bonds is 10. The highest BCUT2D eigenvalue weighted by molar-refractivity contribution is 5.90. The van der Waals surface area contributed by atoms with Crippen molar-refractivity contribution in [2.24, 2.45) is 5.92 Å². The Morgan fingerprint density at radius 2 is 1.64 bits per heavy atom. The van der Waals surface area contributed by atoms with E-state index in [0.717, 1.165) is 28.6 Å². The van der Waals surface area contributed by atoms with E-state index >= 15 is 0 Å². The predicted octanol–water partition coefficient (Wildman–Crippen LogP) is 4.93. The number of H-pyrrole nitrogens is 1. The van der Waals surface area contributed by atoms with Crippen molar-refractivity contribution in [2.45, 2.75) is 77.5 Å². The molecule has 0 saturated heterocycles. The average Bonchev–Trinajstić information content (AvgIpc) is 3.30. The van der Waals surface area contributed by atoms with Crippen LogP contribution in [0.25, 0.3) is 10.9 Å². The van der Waals surface area contributed by atoms with Crippen molar-refractivity contribution in [2.75, 3.05) is 7.05 Å². The van der Waals surface area contributed by atoms with Gasteiger partial charge in [-0.1, -0.05) is 75.6 Å². The first-order valence-corrected chi connectivity index (χ1v) is 13.3. The topological polar surface area (TPSA) is 77.2 Å². The van der Waals surface area contributed by atoms with Gasteiger partial charge in [0.15, 0.2) is 0 Å². The smallest absolute Gasteiger partial charge is 0.243 e. The lowest BCUT2D eigenvalue weighted by atomic mass is 9.94. The van der Waals surface area contributed by atoms with Crippen LogP contribution in [0.5, 0.6) is 0 Å². The lowest BCUT2D eigenvalue weighted by molar-refractivity contribution is -0.130. The van der Waals surface area contributed by atoms with Crippen LogP contribution in [0.15, 0.2) is 54.7 Å². The Hall–Kier alpha value is -3.12. The van der Waals surface area contributed by atoms with Crippen LogP contribution in [0.2, 0.25) is 0 Å². The molecule has 6 heteroatoms. The first-order chi connectivity index (χ1) is 17.4. The quantitative estimate of drug-likeness (QED) is 0.379. The maximum atomic E-state index is 13.4. The number of aromatic nitrogens is 1. The maximum Gasteiger partial charge on any atom is 0.243 e. The zero-order chi connectivity index (χ0) is 25.5. The van der Waals surface area contributed by atoms with Gasteiger partial charge in [-0.2, -0.15) is 0 Å². The largest absolute Gasteiger partial charge is 0.361 e. The molecule has 1 saturated carbocycles. The molecule has 1 aliphatic rings. The molecule has 192 valence electrons. The summed E-state index contributed by atoms with van der Waals surface area (Å²) >= 11 is 0. The van der Waals surface area contributed by atoms with Crippen LogP contribution < -0.4 is 10.6 Å². The van der Waals surface area contributed by atoms with Crippen LogP contribution >= 0.6 is 0 Å². The van der Waals surface area contributed by atoms with E-state index in [2.05, 4.69) is 45.8 Å². The Morgan fingerprint density at radius 3 is 2.39 bits per heavy atom. The second kappa shape index (κ2) is 12.2. The van der Waals surface area contributed by atoms with Crippen molar-refractivity contribution < 1.29 is 9.59 Å². The molecule has 1 atom stereocenters. The second-order valence-electron chi connectivity index (χ2n) is 10.5. The molecule has 2 amide bonds. The number of para-hydroxylation sites is 1. The van der Waals surface area contributed by atoms with E-state index in [1.165, 1.54) is 37.7 Å². The zero-order valence-corrected chi connectivity index (χ0v) is 21.8.